The molecule has 1 heterocycles. The van der Waals surface area contributed by atoms with Gasteiger partial charge in [0.15, 0.2) is 0 Å². The second-order valence-electron chi connectivity index (χ2n) is 5.32. The van der Waals surface area contributed by atoms with Gasteiger partial charge in [0, 0.05) is 6.04 Å². The van der Waals surface area contributed by atoms with Crippen molar-refractivity contribution in [2.24, 2.45) is 11.8 Å². The normalized spacial score (nSPS) is 25.9. The zero-order chi connectivity index (χ0) is 13.0. The van der Waals surface area contributed by atoms with Crippen molar-refractivity contribution in [3.8, 4) is 5.75 Å². The fraction of sp³-hybridized carbons (Fsp3) is 0.733. The van der Waals surface area contributed by atoms with Crippen LogP contribution in [0.2, 0.25) is 0 Å². The van der Waals surface area contributed by atoms with E-state index in [2.05, 4.69) is 30.7 Å². The van der Waals surface area contributed by atoms with Gasteiger partial charge in [-0.1, -0.05) is 26.2 Å². The Labute approximate surface area is 115 Å². The largest absolute Gasteiger partial charge is 0.496 e. The summed E-state index contributed by atoms with van der Waals surface area (Å²) in [6.45, 7) is 2.33. The van der Waals surface area contributed by atoms with Crippen LogP contribution in [0.15, 0.2) is 11.4 Å². The van der Waals surface area contributed by atoms with Gasteiger partial charge in [0.1, 0.15) is 5.75 Å². The predicted octanol–water partition coefficient (Wildman–Crippen LogP) is 4.23. The SMILES string of the molecule is CCC1CCCC(C(NC)c2sccc2OC)C1. The molecule has 0 aromatic carbocycles. The lowest BCUT2D eigenvalue weighted by Crippen LogP contribution is -2.29. The van der Waals surface area contributed by atoms with E-state index in [0.29, 0.717) is 6.04 Å². The van der Waals surface area contributed by atoms with Crippen LogP contribution in [-0.2, 0) is 0 Å². The molecular formula is C15H25NOS. The maximum atomic E-state index is 5.48. The molecule has 0 spiro atoms. The van der Waals surface area contributed by atoms with Gasteiger partial charge in [0.2, 0.25) is 0 Å². The first-order chi connectivity index (χ1) is 8.80. The Bertz CT molecular complexity index is 363. The first kappa shape index (κ1) is 13.9. The lowest BCUT2D eigenvalue weighted by molar-refractivity contribution is 0.214. The molecule has 1 aromatic rings. The van der Waals surface area contributed by atoms with Gasteiger partial charge in [0.05, 0.1) is 12.0 Å². The highest BCUT2D eigenvalue weighted by Crippen LogP contribution is 2.42. The number of methoxy groups -OCH3 is 1. The van der Waals surface area contributed by atoms with E-state index in [1.807, 2.05) is 11.3 Å². The lowest BCUT2D eigenvalue weighted by Gasteiger charge is -2.34. The van der Waals surface area contributed by atoms with Crippen LogP contribution in [0.3, 0.4) is 0 Å². The second-order valence-corrected chi connectivity index (χ2v) is 6.27. The van der Waals surface area contributed by atoms with E-state index in [4.69, 9.17) is 4.74 Å². The summed E-state index contributed by atoms with van der Waals surface area (Å²) in [7, 11) is 3.85. The van der Waals surface area contributed by atoms with Crippen LogP contribution in [0.5, 0.6) is 5.75 Å². The molecule has 3 heteroatoms. The molecule has 102 valence electrons. The van der Waals surface area contributed by atoms with Crippen molar-refractivity contribution in [3.63, 3.8) is 0 Å². The van der Waals surface area contributed by atoms with Gasteiger partial charge in [0.25, 0.3) is 0 Å². The Balaban J connectivity index is 2.13. The molecule has 1 fully saturated rings. The van der Waals surface area contributed by atoms with Gasteiger partial charge in [-0.05, 0) is 43.2 Å². The smallest absolute Gasteiger partial charge is 0.134 e. The Hall–Kier alpha value is -0.540. The first-order valence-corrected chi connectivity index (χ1v) is 7.96. The highest BCUT2D eigenvalue weighted by molar-refractivity contribution is 7.10. The Morgan fingerprint density at radius 2 is 2.33 bits per heavy atom. The number of nitrogens with one attached hydrogen (secondary N) is 1. The topological polar surface area (TPSA) is 21.3 Å². The molecule has 1 aliphatic rings. The number of hydrogen-bond donors (Lipinski definition) is 1. The van der Waals surface area contributed by atoms with Crippen LogP contribution in [0.25, 0.3) is 0 Å². The number of hydrogen-bond acceptors (Lipinski definition) is 3. The molecule has 2 rings (SSSR count). The number of rotatable bonds is 5. The van der Waals surface area contributed by atoms with E-state index in [9.17, 15) is 0 Å². The summed E-state index contributed by atoms with van der Waals surface area (Å²) >= 11 is 1.82. The zero-order valence-corrected chi connectivity index (χ0v) is 12.6. The van der Waals surface area contributed by atoms with Gasteiger partial charge in [-0.25, -0.2) is 0 Å². The molecule has 1 aliphatic carbocycles. The van der Waals surface area contributed by atoms with Gasteiger partial charge >= 0.3 is 0 Å². The molecule has 0 radical (unpaired) electrons. The van der Waals surface area contributed by atoms with Crippen LogP contribution in [0, 0.1) is 11.8 Å². The highest BCUT2D eigenvalue weighted by Gasteiger charge is 2.30. The molecule has 0 saturated heterocycles. The van der Waals surface area contributed by atoms with Crippen LogP contribution in [0.4, 0.5) is 0 Å². The molecule has 3 atom stereocenters. The molecule has 3 unspecified atom stereocenters. The van der Waals surface area contributed by atoms with Gasteiger partial charge in [-0.15, -0.1) is 11.3 Å². The molecular weight excluding hydrogens is 242 g/mol. The minimum atomic E-state index is 0.467. The molecule has 1 N–H and O–H groups in total. The Morgan fingerprint density at radius 1 is 1.50 bits per heavy atom. The van der Waals surface area contributed by atoms with Crippen molar-refractivity contribution >= 4 is 11.3 Å². The standard InChI is InChI=1S/C15H25NOS/c1-4-11-6-5-7-12(10-11)14(16-2)15-13(17-3)8-9-18-15/h8-9,11-12,14,16H,4-7,10H2,1-3H3. The van der Waals surface area contributed by atoms with Crippen LogP contribution in [-0.4, -0.2) is 14.2 Å². The molecule has 0 amide bonds. The maximum Gasteiger partial charge on any atom is 0.134 e. The van der Waals surface area contributed by atoms with Gasteiger partial charge < -0.3 is 10.1 Å². The summed E-state index contributed by atoms with van der Waals surface area (Å²) in [5.41, 5.74) is 0. The minimum Gasteiger partial charge on any atom is -0.496 e. The third-order valence-corrected chi connectivity index (χ3v) is 5.32. The van der Waals surface area contributed by atoms with Crippen molar-refractivity contribution in [2.75, 3.05) is 14.2 Å². The Morgan fingerprint density at radius 3 is 3.00 bits per heavy atom. The fourth-order valence-corrected chi connectivity index (χ4v) is 4.35. The van der Waals surface area contributed by atoms with Crippen LogP contribution >= 0.6 is 11.3 Å². The summed E-state index contributed by atoms with van der Waals surface area (Å²) in [5.74, 6) is 2.74. The van der Waals surface area contributed by atoms with Crippen molar-refractivity contribution < 1.29 is 4.74 Å². The molecule has 18 heavy (non-hydrogen) atoms. The quantitative estimate of drug-likeness (QED) is 0.862. The van der Waals surface area contributed by atoms with Crippen molar-refractivity contribution in [1.82, 2.24) is 5.32 Å². The van der Waals surface area contributed by atoms with E-state index in [1.54, 1.807) is 7.11 Å². The lowest BCUT2D eigenvalue weighted by atomic mass is 9.76. The molecule has 1 saturated carbocycles. The Kier molecular flexibility index (Phi) is 5.07. The predicted molar refractivity (Wildman–Crippen MR) is 78.4 cm³/mol. The van der Waals surface area contributed by atoms with E-state index < -0.39 is 0 Å². The highest BCUT2D eigenvalue weighted by atomic mass is 32.1. The van der Waals surface area contributed by atoms with E-state index in [0.717, 1.165) is 17.6 Å². The summed E-state index contributed by atoms with van der Waals surface area (Å²) < 4.78 is 5.48. The van der Waals surface area contributed by atoms with Gasteiger partial charge in [-0.3, -0.25) is 0 Å². The van der Waals surface area contributed by atoms with Crippen molar-refractivity contribution in [3.05, 3.63) is 16.3 Å². The zero-order valence-electron chi connectivity index (χ0n) is 11.7. The van der Waals surface area contributed by atoms with E-state index >= 15 is 0 Å². The third kappa shape index (κ3) is 2.89. The monoisotopic (exact) mass is 267 g/mol. The molecule has 2 nitrogen and oxygen atoms in total. The summed E-state index contributed by atoms with van der Waals surface area (Å²) in [4.78, 5) is 1.38. The van der Waals surface area contributed by atoms with Gasteiger partial charge in [-0.2, -0.15) is 0 Å². The van der Waals surface area contributed by atoms with Crippen LogP contribution < -0.4 is 10.1 Å². The van der Waals surface area contributed by atoms with E-state index in [1.165, 1.54) is 37.0 Å². The maximum absolute atomic E-state index is 5.48. The van der Waals surface area contributed by atoms with Crippen LogP contribution in [0.1, 0.15) is 49.9 Å². The summed E-state index contributed by atoms with van der Waals surface area (Å²) in [5, 5.41) is 5.66. The van der Waals surface area contributed by atoms with Crippen molar-refractivity contribution in [2.45, 2.75) is 45.1 Å². The summed E-state index contributed by atoms with van der Waals surface area (Å²) in [6.07, 6.45) is 6.85. The third-order valence-electron chi connectivity index (χ3n) is 4.34. The average molecular weight is 267 g/mol. The second kappa shape index (κ2) is 6.58. The number of thiophene rings is 1. The first-order valence-electron chi connectivity index (χ1n) is 7.08. The average Bonchev–Trinajstić information content (AvgIpc) is 2.88. The molecule has 0 aliphatic heterocycles. The minimum absolute atomic E-state index is 0.467. The number of ether oxygens (including phenoxy) is 1. The van der Waals surface area contributed by atoms with Crippen molar-refractivity contribution in [1.29, 1.82) is 0 Å². The molecule has 0 bridgehead atoms. The van der Waals surface area contributed by atoms with E-state index in [-0.39, 0.29) is 0 Å². The fourth-order valence-electron chi connectivity index (χ4n) is 3.29. The summed E-state index contributed by atoms with van der Waals surface area (Å²) in [6, 6.07) is 2.55. The molecule has 1 aromatic heterocycles.